The number of pyridine rings is 1. The molecule has 0 aliphatic rings. The number of amides is 1. The fourth-order valence-electron chi connectivity index (χ4n) is 3.48. The number of aryl methyl sites for hydroxylation is 2. The molecule has 31 heavy (non-hydrogen) atoms. The Morgan fingerprint density at radius 3 is 2.61 bits per heavy atom. The van der Waals surface area contributed by atoms with E-state index in [-0.39, 0.29) is 17.9 Å². The molecule has 0 bridgehead atoms. The molecule has 2 aromatic carbocycles. The first-order valence-corrected chi connectivity index (χ1v) is 10.0. The lowest BCUT2D eigenvalue weighted by Gasteiger charge is -2.14. The Morgan fingerprint density at radius 2 is 1.94 bits per heavy atom. The van der Waals surface area contributed by atoms with Gasteiger partial charge in [0.1, 0.15) is 12.3 Å². The van der Waals surface area contributed by atoms with E-state index >= 15 is 0 Å². The van der Waals surface area contributed by atoms with Crippen LogP contribution in [0.25, 0.3) is 22.0 Å². The second-order valence-corrected chi connectivity index (χ2v) is 7.33. The molecule has 0 aliphatic heterocycles. The lowest BCUT2D eigenvalue weighted by atomic mass is 10.0. The number of hydrogen-bond donors (Lipinski definition) is 1. The molecule has 4 aromatic rings. The summed E-state index contributed by atoms with van der Waals surface area (Å²) in [6.45, 7) is 3.93. The number of carbonyl (C=O) groups excluding carboxylic acids is 1. The Morgan fingerprint density at radius 1 is 1.16 bits per heavy atom. The smallest absolute Gasteiger partial charge is 0.246 e. The number of fused-ring (bicyclic) bond motifs is 1. The standard InChI is InChI=1S/C24H23N3O4/c1-4-17-12-23(31-26-17)25-22(28)14-27-13-20(16-6-8-18(30-3)9-7-16)24(29)19-10-5-15(2)11-21(19)27/h5-13H,4,14H2,1-3H3,(H,25,28). The van der Waals surface area contributed by atoms with Crippen LogP contribution in [0.5, 0.6) is 5.75 Å². The molecule has 0 spiro atoms. The largest absolute Gasteiger partial charge is 0.497 e. The van der Waals surface area contributed by atoms with Crippen molar-refractivity contribution < 1.29 is 14.1 Å². The molecule has 2 aromatic heterocycles. The van der Waals surface area contributed by atoms with Crippen LogP contribution in [-0.2, 0) is 17.8 Å². The molecule has 0 atom stereocenters. The van der Waals surface area contributed by atoms with Gasteiger partial charge in [-0.25, -0.2) is 0 Å². The molecule has 158 valence electrons. The summed E-state index contributed by atoms with van der Waals surface area (Å²) < 4.78 is 12.2. The van der Waals surface area contributed by atoms with E-state index in [0.717, 1.165) is 16.8 Å². The first kappa shape index (κ1) is 20.4. The van der Waals surface area contributed by atoms with Crippen LogP contribution in [0.1, 0.15) is 18.2 Å². The van der Waals surface area contributed by atoms with Gasteiger partial charge in [0.25, 0.3) is 0 Å². The summed E-state index contributed by atoms with van der Waals surface area (Å²) in [6.07, 6.45) is 2.44. The van der Waals surface area contributed by atoms with Crippen molar-refractivity contribution in [2.24, 2.45) is 0 Å². The van der Waals surface area contributed by atoms with Crippen molar-refractivity contribution in [2.75, 3.05) is 12.4 Å². The number of benzene rings is 2. The highest BCUT2D eigenvalue weighted by atomic mass is 16.5. The average Bonchev–Trinajstić information content (AvgIpc) is 3.23. The number of rotatable bonds is 6. The molecule has 0 saturated heterocycles. The van der Waals surface area contributed by atoms with Crippen LogP contribution in [-0.4, -0.2) is 22.7 Å². The molecule has 4 rings (SSSR count). The van der Waals surface area contributed by atoms with E-state index in [1.54, 1.807) is 42.1 Å². The molecular formula is C24H23N3O4. The number of ether oxygens (including phenoxy) is 1. The summed E-state index contributed by atoms with van der Waals surface area (Å²) in [6, 6.07) is 14.6. The third-order valence-electron chi connectivity index (χ3n) is 5.14. The molecule has 1 amide bonds. The van der Waals surface area contributed by atoms with Crippen LogP contribution in [0.15, 0.2) is 64.0 Å². The summed E-state index contributed by atoms with van der Waals surface area (Å²) in [5.74, 6) is 0.739. The number of methoxy groups -OCH3 is 1. The molecular weight excluding hydrogens is 394 g/mol. The molecule has 1 N–H and O–H groups in total. The summed E-state index contributed by atoms with van der Waals surface area (Å²) in [7, 11) is 1.59. The number of nitrogens with one attached hydrogen (secondary N) is 1. The first-order chi connectivity index (χ1) is 15.0. The Labute approximate surface area is 179 Å². The zero-order chi connectivity index (χ0) is 22.0. The van der Waals surface area contributed by atoms with Gasteiger partial charge in [0.05, 0.1) is 18.3 Å². The lowest BCUT2D eigenvalue weighted by molar-refractivity contribution is -0.116. The normalized spacial score (nSPS) is 10.9. The Bertz CT molecular complexity index is 1300. The van der Waals surface area contributed by atoms with E-state index in [1.165, 1.54) is 0 Å². The minimum atomic E-state index is -0.272. The van der Waals surface area contributed by atoms with Crippen molar-refractivity contribution in [3.8, 4) is 16.9 Å². The van der Waals surface area contributed by atoms with Crippen LogP contribution in [0.2, 0.25) is 0 Å². The van der Waals surface area contributed by atoms with Crippen LogP contribution < -0.4 is 15.5 Å². The van der Waals surface area contributed by atoms with E-state index in [2.05, 4.69) is 10.5 Å². The summed E-state index contributed by atoms with van der Waals surface area (Å²) in [5.41, 5.74) is 3.65. The minimum absolute atomic E-state index is 0.0194. The van der Waals surface area contributed by atoms with Gasteiger partial charge in [0.15, 0.2) is 5.43 Å². The van der Waals surface area contributed by atoms with Gasteiger partial charge in [-0.1, -0.05) is 30.3 Å². The van der Waals surface area contributed by atoms with Crippen molar-refractivity contribution in [1.82, 2.24) is 9.72 Å². The second kappa shape index (κ2) is 8.47. The minimum Gasteiger partial charge on any atom is -0.497 e. The zero-order valence-electron chi connectivity index (χ0n) is 17.6. The van der Waals surface area contributed by atoms with Gasteiger partial charge in [0.2, 0.25) is 11.8 Å². The summed E-state index contributed by atoms with van der Waals surface area (Å²) in [5, 5.41) is 7.17. The molecule has 2 heterocycles. The molecule has 7 heteroatoms. The van der Waals surface area contributed by atoms with E-state index < -0.39 is 0 Å². The maximum Gasteiger partial charge on any atom is 0.246 e. The third-order valence-corrected chi connectivity index (χ3v) is 5.14. The van der Waals surface area contributed by atoms with Gasteiger partial charge in [-0.3, -0.25) is 14.9 Å². The summed E-state index contributed by atoms with van der Waals surface area (Å²) in [4.78, 5) is 25.9. The molecule has 0 fully saturated rings. The first-order valence-electron chi connectivity index (χ1n) is 10.0. The van der Waals surface area contributed by atoms with Crippen LogP contribution in [0.3, 0.4) is 0 Å². The van der Waals surface area contributed by atoms with Gasteiger partial charge in [0, 0.05) is 23.2 Å². The van der Waals surface area contributed by atoms with Crippen molar-refractivity contribution >= 4 is 22.7 Å². The predicted octanol–water partition coefficient (Wildman–Crippen LogP) is 4.17. The van der Waals surface area contributed by atoms with E-state index in [1.807, 2.05) is 38.1 Å². The Balaban J connectivity index is 1.75. The van der Waals surface area contributed by atoms with E-state index in [0.29, 0.717) is 34.5 Å². The number of nitrogens with zero attached hydrogens (tertiary/aromatic N) is 2. The van der Waals surface area contributed by atoms with Gasteiger partial charge in [-0.05, 0) is 48.7 Å². The number of carbonyl (C=O) groups is 1. The van der Waals surface area contributed by atoms with Crippen molar-refractivity contribution in [1.29, 1.82) is 0 Å². The zero-order valence-corrected chi connectivity index (χ0v) is 17.6. The van der Waals surface area contributed by atoms with Crippen LogP contribution in [0.4, 0.5) is 5.88 Å². The highest BCUT2D eigenvalue weighted by Gasteiger charge is 2.14. The van der Waals surface area contributed by atoms with E-state index in [9.17, 15) is 9.59 Å². The predicted molar refractivity (Wildman–Crippen MR) is 119 cm³/mol. The van der Waals surface area contributed by atoms with Crippen molar-refractivity contribution in [3.63, 3.8) is 0 Å². The maximum absolute atomic E-state index is 13.2. The van der Waals surface area contributed by atoms with Crippen LogP contribution >= 0.6 is 0 Å². The number of hydrogen-bond acceptors (Lipinski definition) is 5. The van der Waals surface area contributed by atoms with Gasteiger partial charge < -0.3 is 13.8 Å². The van der Waals surface area contributed by atoms with Crippen LogP contribution in [0, 0.1) is 6.92 Å². The highest BCUT2D eigenvalue weighted by molar-refractivity contribution is 5.91. The summed E-state index contributed by atoms with van der Waals surface area (Å²) >= 11 is 0. The molecule has 0 aliphatic carbocycles. The van der Waals surface area contributed by atoms with Crippen molar-refractivity contribution in [3.05, 3.63) is 76.2 Å². The highest BCUT2D eigenvalue weighted by Crippen LogP contribution is 2.23. The molecule has 0 saturated carbocycles. The van der Waals surface area contributed by atoms with Gasteiger partial charge >= 0.3 is 0 Å². The van der Waals surface area contributed by atoms with Crippen molar-refractivity contribution in [2.45, 2.75) is 26.8 Å². The lowest BCUT2D eigenvalue weighted by Crippen LogP contribution is -2.21. The van der Waals surface area contributed by atoms with E-state index in [4.69, 9.17) is 9.26 Å². The fraction of sp³-hybridized carbons (Fsp3) is 0.208. The molecule has 0 radical (unpaired) electrons. The number of anilines is 1. The number of aromatic nitrogens is 2. The monoisotopic (exact) mass is 417 g/mol. The average molecular weight is 417 g/mol. The van der Waals surface area contributed by atoms with Gasteiger partial charge in [-0.15, -0.1) is 0 Å². The Hall–Kier alpha value is -3.87. The fourth-order valence-corrected chi connectivity index (χ4v) is 3.48. The van der Waals surface area contributed by atoms with Gasteiger partial charge in [-0.2, -0.15) is 0 Å². The topological polar surface area (TPSA) is 86.4 Å². The third kappa shape index (κ3) is 4.21. The SMILES string of the molecule is CCc1cc(NC(=O)Cn2cc(-c3ccc(OC)cc3)c(=O)c3ccc(C)cc32)on1. The molecule has 7 nitrogen and oxygen atoms in total. The molecule has 0 unspecified atom stereocenters. The Kier molecular flexibility index (Phi) is 5.58. The second-order valence-electron chi connectivity index (χ2n) is 7.33. The maximum atomic E-state index is 13.2. The quantitative estimate of drug-likeness (QED) is 0.509.